The predicted octanol–water partition coefficient (Wildman–Crippen LogP) is 7.27. The monoisotopic (exact) mass is 606 g/mol. The lowest BCUT2D eigenvalue weighted by molar-refractivity contribution is -0.870. The first-order chi connectivity index (χ1) is 19.5. The molecule has 0 aliphatic rings. The molecule has 0 aromatic rings. The van der Waals surface area contributed by atoms with Crippen LogP contribution < -0.4 is 10.2 Å². The van der Waals surface area contributed by atoms with Gasteiger partial charge in [0.05, 0.1) is 39.9 Å². The van der Waals surface area contributed by atoms with Gasteiger partial charge in [-0.05, 0) is 12.8 Å². The Bertz CT molecular complexity index is 659. The highest BCUT2D eigenvalue weighted by Crippen LogP contribution is 2.38. The molecule has 0 radical (unpaired) electrons. The van der Waals surface area contributed by atoms with E-state index in [0.29, 0.717) is 23.9 Å². The van der Waals surface area contributed by atoms with Crippen molar-refractivity contribution in [2.45, 2.75) is 161 Å². The van der Waals surface area contributed by atoms with Crippen LogP contribution in [-0.4, -0.2) is 68.5 Å². The molecule has 0 bridgehead atoms. The van der Waals surface area contributed by atoms with Gasteiger partial charge in [0, 0.05) is 6.42 Å². The highest BCUT2D eigenvalue weighted by atomic mass is 31.2. The fourth-order valence-corrected chi connectivity index (χ4v) is 5.52. The number of aliphatic hydroxyl groups excluding tert-OH is 1. The molecule has 2 N–H and O–H groups in total. The predicted molar refractivity (Wildman–Crippen MR) is 169 cm³/mol. The second kappa shape index (κ2) is 25.9. The summed E-state index contributed by atoms with van der Waals surface area (Å²) in [7, 11) is 1.31. The second-order valence-electron chi connectivity index (χ2n) is 12.9. The van der Waals surface area contributed by atoms with Crippen molar-refractivity contribution in [3.8, 4) is 0 Å². The van der Waals surface area contributed by atoms with Crippen LogP contribution in [0.15, 0.2) is 0 Å². The van der Waals surface area contributed by atoms with Crippen molar-refractivity contribution in [2.75, 3.05) is 40.9 Å². The van der Waals surface area contributed by atoms with Gasteiger partial charge in [-0.25, -0.2) is 0 Å². The molecule has 0 rings (SSSR count). The number of phosphoric ester groups is 1. The minimum absolute atomic E-state index is 0.0149. The van der Waals surface area contributed by atoms with E-state index in [0.717, 1.165) is 38.5 Å². The van der Waals surface area contributed by atoms with Crippen LogP contribution >= 0.6 is 7.82 Å². The van der Waals surface area contributed by atoms with Crippen LogP contribution in [0.4, 0.5) is 0 Å². The molecule has 8 nitrogen and oxygen atoms in total. The quantitative estimate of drug-likeness (QED) is 0.0506. The number of rotatable bonds is 30. The van der Waals surface area contributed by atoms with Gasteiger partial charge in [-0.3, -0.25) is 9.36 Å². The zero-order valence-corrected chi connectivity index (χ0v) is 28.4. The largest absolute Gasteiger partial charge is 0.756 e. The molecular formula is C32H67N2O6P. The Labute approximate surface area is 253 Å². The Morgan fingerprint density at radius 1 is 0.756 bits per heavy atom. The van der Waals surface area contributed by atoms with Crippen LogP contribution in [0.5, 0.6) is 0 Å². The third kappa shape index (κ3) is 28.1. The summed E-state index contributed by atoms with van der Waals surface area (Å²) in [4.78, 5) is 24.9. The number of hydrogen-bond acceptors (Lipinski definition) is 6. The average Bonchev–Trinajstić information content (AvgIpc) is 2.90. The summed E-state index contributed by atoms with van der Waals surface area (Å²) >= 11 is 0. The van der Waals surface area contributed by atoms with Crippen LogP contribution in [0.2, 0.25) is 0 Å². The molecular weight excluding hydrogens is 539 g/mol. The van der Waals surface area contributed by atoms with E-state index in [1.165, 1.54) is 83.5 Å². The SMILES string of the molecule is CCCCCCCCCCCCCCC(O)C(COP(=O)([O-])OCC[N+](C)(C)C)NC(=O)CCCCCCCCC. The molecule has 3 unspecified atom stereocenters. The number of aliphatic hydroxyl groups is 1. The average molecular weight is 607 g/mol. The summed E-state index contributed by atoms with van der Waals surface area (Å²) in [6.45, 7) is 4.64. The van der Waals surface area contributed by atoms with Crippen LogP contribution in [-0.2, 0) is 18.4 Å². The van der Waals surface area contributed by atoms with Crippen LogP contribution in [0.1, 0.15) is 149 Å². The van der Waals surface area contributed by atoms with Gasteiger partial charge >= 0.3 is 0 Å². The summed E-state index contributed by atoms with van der Waals surface area (Å²) in [5.74, 6) is -0.174. The molecule has 0 saturated heterocycles. The lowest BCUT2D eigenvalue weighted by atomic mass is 10.0. The number of nitrogens with zero attached hydrogens (tertiary/aromatic N) is 1. The van der Waals surface area contributed by atoms with Crippen molar-refractivity contribution in [3.63, 3.8) is 0 Å². The first kappa shape index (κ1) is 40.5. The highest BCUT2D eigenvalue weighted by molar-refractivity contribution is 7.45. The van der Waals surface area contributed by atoms with Crippen LogP contribution in [0, 0.1) is 0 Å². The van der Waals surface area contributed by atoms with E-state index < -0.39 is 20.0 Å². The van der Waals surface area contributed by atoms with E-state index in [9.17, 15) is 19.4 Å². The number of phosphoric acid groups is 1. The number of amides is 1. The Hall–Kier alpha value is -0.500. The molecule has 9 heteroatoms. The third-order valence-corrected chi connectivity index (χ3v) is 8.56. The van der Waals surface area contributed by atoms with Crippen LogP contribution in [0.3, 0.4) is 0 Å². The molecule has 0 saturated carbocycles. The Morgan fingerprint density at radius 3 is 1.66 bits per heavy atom. The maximum absolute atomic E-state index is 12.6. The summed E-state index contributed by atoms with van der Waals surface area (Å²) in [5, 5.41) is 13.7. The number of hydrogen-bond donors (Lipinski definition) is 2. The van der Waals surface area contributed by atoms with Gasteiger partial charge in [-0.1, -0.05) is 129 Å². The number of carbonyl (C=O) groups is 1. The molecule has 0 aliphatic carbocycles. The first-order valence-electron chi connectivity index (χ1n) is 16.9. The fraction of sp³-hybridized carbons (Fsp3) is 0.969. The molecule has 0 aromatic heterocycles. The molecule has 0 spiro atoms. The van der Waals surface area contributed by atoms with Gasteiger partial charge in [0.1, 0.15) is 13.2 Å². The molecule has 1 amide bonds. The Balaban J connectivity index is 4.51. The van der Waals surface area contributed by atoms with Gasteiger partial charge in [0.2, 0.25) is 5.91 Å². The second-order valence-corrected chi connectivity index (χ2v) is 14.3. The summed E-state index contributed by atoms with van der Waals surface area (Å²) < 4.78 is 23.0. The van der Waals surface area contributed by atoms with Gasteiger partial charge in [-0.15, -0.1) is 0 Å². The van der Waals surface area contributed by atoms with E-state index in [1.807, 2.05) is 21.1 Å². The van der Waals surface area contributed by atoms with E-state index in [1.54, 1.807) is 0 Å². The molecule has 246 valence electrons. The number of unbranched alkanes of at least 4 members (excludes halogenated alkanes) is 17. The Kier molecular flexibility index (Phi) is 25.6. The first-order valence-corrected chi connectivity index (χ1v) is 18.3. The minimum Gasteiger partial charge on any atom is -0.756 e. The zero-order valence-electron chi connectivity index (χ0n) is 27.5. The molecule has 3 atom stereocenters. The van der Waals surface area contributed by atoms with Gasteiger partial charge < -0.3 is 28.8 Å². The standard InChI is InChI=1S/C32H67N2O6P/c1-6-8-10-12-14-15-16-17-18-20-21-23-25-31(35)30(29-40-41(37,38)39-28-27-34(3,4)5)33-32(36)26-24-22-19-13-11-9-7-2/h30-31,35H,6-29H2,1-5H3,(H-,33,36,37,38). The van der Waals surface area contributed by atoms with Crippen molar-refractivity contribution in [3.05, 3.63) is 0 Å². The normalized spacial score (nSPS) is 15.0. The Morgan fingerprint density at radius 2 is 1.20 bits per heavy atom. The summed E-state index contributed by atoms with van der Waals surface area (Å²) in [5.41, 5.74) is 0. The maximum Gasteiger partial charge on any atom is 0.268 e. The lowest BCUT2D eigenvalue weighted by Crippen LogP contribution is -2.46. The smallest absolute Gasteiger partial charge is 0.268 e. The molecule has 41 heavy (non-hydrogen) atoms. The fourth-order valence-electron chi connectivity index (χ4n) is 4.80. The lowest BCUT2D eigenvalue weighted by Gasteiger charge is -2.30. The zero-order chi connectivity index (χ0) is 30.8. The van der Waals surface area contributed by atoms with Gasteiger partial charge in [0.15, 0.2) is 0 Å². The van der Waals surface area contributed by atoms with Crippen molar-refractivity contribution in [1.82, 2.24) is 5.32 Å². The van der Waals surface area contributed by atoms with E-state index >= 15 is 0 Å². The third-order valence-electron chi connectivity index (χ3n) is 7.60. The molecule has 0 aliphatic heterocycles. The van der Waals surface area contributed by atoms with Gasteiger partial charge in [-0.2, -0.15) is 0 Å². The number of quaternary nitrogens is 1. The molecule has 0 aromatic carbocycles. The topological polar surface area (TPSA) is 108 Å². The summed E-state index contributed by atoms with van der Waals surface area (Å²) in [6, 6.07) is -0.788. The van der Waals surface area contributed by atoms with Crippen molar-refractivity contribution < 1.29 is 32.9 Å². The number of nitrogens with one attached hydrogen (secondary N) is 1. The molecule has 0 fully saturated rings. The van der Waals surface area contributed by atoms with Crippen molar-refractivity contribution in [1.29, 1.82) is 0 Å². The number of carbonyl (C=O) groups excluding carboxylic acids is 1. The van der Waals surface area contributed by atoms with Gasteiger partial charge in [0.25, 0.3) is 7.82 Å². The highest BCUT2D eigenvalue weighted by Gasteiger charge is 2.24. The summed E-state index contributed by atoms with van der Waals surface area (Å²) in [6.07, 6.45) is 22.5. The minimum atomic E-state index is -4.54. The van der Waals surface area contributed by atoms with Crippen molar-refractivity contribution in [2.24, 2.45) is 0 Å². The van der Waals surface area contributed by atoms with E-state index in [4.69, 9.17) is 9.05 Å². The van der Waals surface area contributed by atoms with Crippen molar-refractivity contribution >= 4 is 13.7 Å². The van der Waals surface area contributed by atoms with E-state index in [2.05, 4.69) is 19.2 Å². The maximum atomic E-state index is 12.6. The van der Waals surface area contributed by atoms with E-state index in [-0.39, 0.29) is 19.1 Å². The molecule has 0 heterocycles. The van der Waals surface area contributed by atoms with Crippen LogP contribution in [0.25, 0.3) is 0 Å². The number of likely N-dealkylation sites (N-methyl/N-ethyl adjacent to an activating group) is 1.